The van der Waals surface area contributed by atoms with Crippen molar-refractivity contribution in [1.82, 2.24) is 5.32 Å². The fourth-order valence-electron chi connectivity index (χ4n) is 2.32. The Balaban J connectivity index is 1.82. The van der Waals surface area contributed by atoms with Gasteiger partial charge < -0.3 is 5.32 Å². The van der Waals surface area contributed by atoms with E-state index in [1.807, 2.05) is 19.1 Å². The van der Waals surface area contributed by atoms with Crippen molar-refractivity contribution in [3.63, 3.8) is 0 Å². The first kappa shape index (κ1) is 18.8. The number of amides is 1. The number of carbonyl (C=O) groups excluding carboxylic acids is 1. The van der Waals surface area contributed by atoms with Gasteiger partial charge in [0.1, 0.15) is 5.82 Å². The Morgan fingerprint density at radius 3 is 2.58 bits per heavy atom. The highest BCUT2D eigenvalue weighted by atomic mass is 35.5. The molecular weight excluding hydrogens is 345 g/mol. The third-order valence-corrected chi connectivity index (χ3v) is 5.12. The Labute approximate surface area is 151 Å². The number of hydrogen-bond donors (Lipinski definition) is 1. The summed E-state index contributed by atoms with van der Waals surface area (Å²) in [6.07, 6.45) is 0.996. The van der Waals surface area contributed by atoms with Crippen LogP contribution in [0.3, 0.4) is 0 Å². The van der Waals surface area contributed by atoms with E-state index >= 15 is 0 Å². The quantitative estimate of drug-likeness (QED) is 0.734. The van der Waals surface area contributed by atoms with Crippen molar-refractivity contribution in [1.29, 1.82) is 0 Å². The Morgan fingerprint density at radius 2 is 1.96 bits per heavy atom. The van der Waals surface area contributed by atoms with E-state index in [0.717, 1.165) is 12.0 Å². The van der Waals surface area contributed by atoms with Gasteiger partial charge in [-0.15, -0.1) is 11.8 Å². The summed E-state index contributed by atoms with van der Waals surface area (Å²) in [6.45, 7) is 4.07. The summed E-state index contributed by atoms with van der Waals surface area (Å²) < 4.78 is 13.7. The minimum atomic E-state index is -0.334. The lowest BCUT2D eigenvalue weighted by Crippen LogP contribution is -2.28. The van der Waals surface area contributed by atoms with E-state index < -0.39 is 0 Å². The standard InChI is InChI=1S/C19H21ClFNOS/c1-3-14-7-9-15(10-8-14)13(2)22-19(23)12-24-11-16-17(20)5-4-6-18(16)21/h4-10,13H,3,11-12H2,1-2H3,(H,22,23). The maximum absolute atomic E-state index is 13.7. The highest BCUT2D eigenvalue weighted by Gasteiger charge is 2.11. The molecule has 128 valence electrons. The normalized spacial score (nSPS) is 12.0. The van der Waals surface area contributed by atoms with Crippen LogP contribution < -0.4 is 5.32 Å². The molecule has 1 atom stereocenters. The number of carbonyl (C=O) groups is 1. The van der Waals surface area contributed by atoms with Crippen LogP contribution in [0.5, 0.6) is 0 Å². The molecule has 1 N–H and O–H groups in total. The summed E-state index contributed by atoms with van der Waals surface area (Å²) in [5.41, 5.74) is 2.79. The fraction of sp³-hybridized carbons (Fsp3) is 0.316. The Hall–Kier alpha value is -1.52. The zero-order valence-corrected chi connectivity index (χ0v) is 15.4. The summed E-state index contributed by atoms with van der Waals surface area (Å²) in [5.74, 6) is 0.236. The number of aryl methyl sites for hydroxylation is 1. The fourth-order valence-corrected chi connectivity index (χ4v) is 3.50. The van der Waals surface area contributed by atoms with E-state index in [0.29, 0.717) is 16.3 Å². The predicted molar refractivity (Wildman–Crippen MR) is 99.9 cm³/mol. The molecule has 1 amide bonds. The lowest BCUT2D eigenvalue weighted by Gasteiger charge is -2.15. The number of nitrogens with one attached hydrogen (secondary N) is 1. The molecule has 0 aliphatic rings. The van der Waals surface area contributed by atoms with Gasteiger partial charge in [-0.25, -0.2) is 4.39 Å². The van der Waals surface area contributed by atoms with E-state index in [9.17, 15) is 9.18 Å². The average Bonchev–Trinajstić information content (AvgIpc) is 2.57. The lowest BCUT2D eigenvalue weighted by atomic mass is 10.1. The molecule has 5 heteroatoms. The zero-order chi connectivity index (χ0) is 17.5. The van der Waals surface area contributed by atoms with Crippen molar-refractivity contribution >= 4 is 29.3 Å². The Kier molecular flexibility index (Phi) is 7.13. The van der Waals surface area contributed by atoms with Crippen molar-refractivity contribution in [2.45, 2.75) is 32.1 Å². The Morgan fingerprint density at radius 1 is 1.25 bits per heavy atom. The second-order valence-corrected chi connectivity index (χ2v) is 6.97. The molecule has 24 heavy (non-hydrogen) atoms. The molecule has 0 spiro atoms. The first-order valence-electron chi connectivity index (χ1n) is 7.90. The van der Waals surface area contributed by atoms with Crippen LogP contribution in [0, 0.1) is 5.82 Å². The number of rotatable bonds is 7. The maximum atomic E-state index is 13.7. The molecule has 0 radical (unpaired) electrons. The van der Waals surface area contributed by atoms with Crippen LogP contribution in [-0.4, -0.2) is 11.7 Å². The van der Waals surface area contributed by atoms with Gasteiger partial charge in [-0.1, -0.05) is 48.9 Å². The highest BCUT2D eigenvalue weighted by Crippen LogP contribution is 2.24. The van der Waals surface area contributed by atoms with Gasteiger partial charge >= 0.3 is 0 Å². The third-order valence-electron chi connectivity index (χ3n) is 3.81. The van der Waals surface area contributed by atoms with Crippen LogP contribution in [0.25, 0.3) is 0 Å². The summed E-state index contributed by atoms with van der Waals surface area (Å²) in [7, 11) is 0. The largest absolute Gasteiger partial charge is 0.349 e. The van der Waals surface area contributed by atoms with Gasteiger partial charge in [0.25, 0.3) is 0 Å². The van der Waals surface area contributed by atoms with Crippen molar-refractivity contribution in [3.05, 3.63) is 70.0 Å². The van der Waals surface area contributed by atoms with E-state index in [1.165, 1.54) is 23.4 Å². The molecule has 0 heterocycles. The minimum Gasteiger partial charge on any atom is -0.349 e. The maximum Gasteiger partial charge on any atom is 0.230 e. The van der Waals surface area contributed by atoms with Crippen molar-refractivity contribution < 1.29 is 9.18 Å². The number of hydrogen-bond acceptors (Lipinski definition) is 2. The smallest absolute Gasteiger partial charge is 0.230 e. The molecule has 1 unspecified atom stereocenters. The second-order valence-electron chi connectivity index (χ2n) is 5.58. The molecule has 2 rings (SSSR count). The molecule has 0 bridgehead atoms. The number of halogens is 2. The number of thioether (sulfide) groups is 1. The van der Waals surface area contributed by atoms with Gasteiger partial charge in [0, 0.05) is 16.3 Å². The Bertz CT molecular complexity index is 670. The summed E-state index contributed by atoms with van der Waals surface area (Å²) >= 11 is 7.33. The predicted octanol–water partition coefficient (Wildman–Crippen LogP) is 5.15. The van der Waals surface area contributed by atoms with Crippen LogP contribution in [0.15, 0.2) is 42.5 Å². The molecule has 2 aromatic rings. The van der Waals surface area contributed by atoms with Crippen LogP contribution in [0.1, 0.15) is 36.6 Å². The first-order chi connectivity index (χ1) is 11.5. The third kappa shape index (κ3) is 5.25. The topological polar surface area (TPSA) is 29.1 Å². The SMILES string of the molecule is CCc1ccc(C(C)NC(=O)CSCc2c(F)cccc2Cl)cc1. The molecule has 0 aliphatic carbocycles. The molecule has 2 nitrogen and oxygen atoms in total. The molecule has 0 aromatic heterocycles. The zero-order valence-electron chi connectivity index (χ0n) is 13.8. The van der Waals surface area contributed by atoms with Gasteiger partial charge in [-0.3, -0.25) is 4.79 Å². The highest BCUT2D eigenvalue weighted by molar-refractivity contribution is 7.99. The van der Waals surface area contributed by atoms with Gasteiger partial charge in [-0.05, 0) is 36.6 Å². The lowest BCUT2D eigenvalue weighted by molar-refractivity contribution is -0.119. The van der Waals surface area contributed by atoms with Crippen molar-refractivity contribution in [3.8, 4) is 0 Å². The molecule has 0 saturated heterocycles. The van der Waals surface area contributed by atoms with Gasteiger partial charge in [0.2, 0.25) is 5.91 Å². The van der Waals surface area contributed by atoms with Crippen LogP contribution >= 0.6 is 23.4 Å². The summed E-state index contributed by atoms with van der Waals surface area (Å²) in [5, 5.41) is 3.36. The average molecular weight is 366 g/mol. The summed E-state index contributed by atoms with van der Waals surface area (Å²) in [4.78, 5) is 12.1. The molecule has 0 fully saturated rings. The van der Waals surface area contributed by atoms with Gasteiger partial charge in [0.15, 0.2) is 0 Å². The second kappa shape index (κ2) is 9.09. The molecule has 2 aromatic carbocycles. The number of benzene rings is 2. The van der Waals surface area contributed by atoms with Crippen molar-refractivity contribution in [2.75, 3.05) is 5.75 Å². The van der Waals surface area contributed by atoms with Gasteiger partial charge in [-0.2, -0.15) is 0 Å². The van der Waals surface area contributed by atoms with Gasteiger partial charge in [0.05, 0.1) is 11.8 Å². The summed E-state index contributed by atoms with van der Waals surface area (Å²) in [6, 6.07) is 12.8. The van der Waals surface area contributed by atoms with E-state index in [1.54, 1.807) is 12.1 Å². The van der Waals surface area contributed by atoms with Crippen LogP contribution in [0.2, 0.25) is 5.02 Å². The van der Waals surface area contributed by atoms with Crippen LogP contribution in [0.4, 0.5) is 4.39 Å². The molecule has 0 saturated carbocycles. The van der Waals surface area contributed by atoms with E-state index in [4.69, 9.17) is 11.6 Å². The molecular formula is C19H21ClFNOS. The van der Waals surface area contributed by atoms with E-state index in [-0.39, 0.29) is 23.5 Å². The molecule has 0 aliphatic heterocycles. The first-order valence-corrected chi connectivity index (χ1v) is 9.43. The monoisotopic (exact) mass is 365 g/mol. The van der Waals surface area contributed by atoms with E-state index in [2.05, 4.69) is 24.4 Å². The van der Waals surface area contributed by atoms with Crippen LogP contribution in [-0.2, 0) is 17.0 Å². The minimum absolute atomic E-state index is 0.0546. The van der Waals surface area contributed by atoms with Crippen molar-refractivity contribution in [2.24, 2.45) is 0 Å².